The molecule has 0 bridgehead atoms. The van der Waals surface area contributed by atoms with Crippen molar-refractivity contribution < 1.29 is 26.4 Å². The van der Waals surface area contributed by atoms with Crippen LogP contribution in [0, 0.1) is 0 Å². The summed E-state index contributed by atoms with van der Waals surface area (Å²) in [6, 6.07) is 3.20. The van der Waals surface area contributed by atoms with Gasteiger partial charge in [0.2, 0.25) is 15.9 Å². The number of carbonyl (C=O) groups excluding carboxylic acids is 1. The van der Waals surface area contributed by atoms with E-state index in [-0.39, 0.29) is 29.8 Å². The summed E-state index contributed by atoms with van der Waals surface area (Å²) in [6.45, 7) is 1.91. The normalized spacial score (nSPS) is 15.8. The minimum atomic E-state index is -4.54. The van der Waals surface area contributed by atoms with Crippen molar-refractivity contribution in [2.45, 2.75) is 11.1 Å². The van der Waals surface area contributed by atoms with Gasteiger partial charge in [-0.2, -0.15) is 17.5 Å². The molecule has 1 N–H and O–H groups in total. The topological polar surface area (TPSA) is 69.7 Å². The molecule has 0 radical (unpaired) electrons. The fourth-order valence-electron chi connectivity index (χ4n) is 2.29. The zero-order valence-corrected chi connectivity index (χ0v) is 15.0. The Morgan fingerprint density at radius 1 is 1.20 bits per heavy atom. The third-order valence-corrected chi connectivity index (χ3v) is 5.54. The van der Waals surface area contributed by atoms with Gasteiger partial charge in [-0.1, -0.05) is 0 Å². The predicted molar refractivity (Wildman–Crippen MR) is 88.0 cm³/mol. The number of sulfonamides is 1. The Morgan fingerprint density at radius 3 is 2.20 bits per heavy atom. The lowest BCUT2D eigenvalue weighted by molar-refractivity contribution is -0.137. The van der Waals surface area contributed by atoms with E-state index in [1.54, 1.807) is 4.90 Å². The summed E-state index contributed by atoms with van der Waals surface area (Å²) in [5.41, 5.74) is -0.930. The van der Waals surface area contributed by atoms with Crippen LogP contribution in [-0.2, 0) is 21.0 Å². The third-order valence-electron chi connectivity index (χ3n) is 3.72. The zero-order valence-electron chi connectivity index (χ0n) is 13.4. The summed E-state index contributed by atoms with van der Waals surface area (Å²) in [5.74, 6) is -0.338. The highest BCUT2D eigenvalue weighted by atomic mass is 35.5. The quantitative estimate of drug-likeness (QED) is 0.822. The highest BCUT2D eigenvalue weighted by molar-refractivity contribution is 7.89. The summed E-state index contributed by atoms with van der Waals surface area (Å²) in [7, 11) is -2.80. The summed E-state index contributed by atoms with van der Waals surface area (Å²) in [4.78, 5) is 13.4. The minimum absolute atomic E-state index is 0. The Hall–Kier alpha value is -1.36. The fraction of sp³-hybridized carbons (Fsp3) is 0.500. The van der Waals surface area contributed by atoms with Gasteiger partial charge in [-0.25, -0.2) is 8.42 Å². The van der Waals surface area contributed by atoms with Gasteiger partial charge in [-0.05, 0) is 24.3 Å². The number of hydrogen-bond acceptors (Lipinski definition) is 4. The molecule has 1 aromatic rings. The highest BCUT2D eigenvalue weighted by Crippen LogP contribution is 2.30. The number of benzene rings is 1. The molecular weight excluding hydrogens is 383 g/mol. The largest absolute Gasteiger partial charge is 0.416 e. The number of likely N-dealkylation sites (N-methyl/N-ethyl adjacent to an activating group) is 1. The van der Waals surface area contributed by atoms with Gasteiger partial charge in [-0.15, -0.1) is 12.4 Å². The lowest BCUT2D eigenvalue weighted by Gasteiger charge is -2.29. The molecular formula is C14H19ClF3N3O3S. The van der Waals surface area contributed by atoms with Crippen molar-refractivity contribution in [3.05, 3.63) is 29.8 Å². The first-order valence-corrected chi connectivity index (χ1v) is 8.68. The van der Waals surface area contributed by atoms with Crippen LogP contribution in [0.2, 0.25) is 0 Å². The van der Waals surface area contributed by atoms with Gasteiger partial charge in [0.15, 0.2) is 0 Å². The molecule has 0 spiro atoms. The first kappa shape index (κ1) is 21.7. The minimum Gasteiger partial charge on any atom is -0.339 e. The van der Waals surface area contributed by atoms with Crippen LogP contribution in [0.5, 0.6) is 0 Å². The maximum absolute atomic E-state index is 12.5. The van der Waals surface area contributed by atoms with Gasteiger partial charge in [-0.3, -0.25) is 4.79 Å². The number of hydrogen-bond donors (Lipinski definition) is 1. The van der Waals surface area contributed by atoms with E-state index in [0.29, 0.717) is 38.3 Å². The van der Waals surface area contributed by atoms with Gasteiger partial charge in [0.25, 0.3) is 0 Å². The van der Waals surface area contributed by atoms with E-state index in [4.69, 9.17) is 0 Å². The Bertz CT molecular complexity index is 690. The fourth-order valence-corrected chi connectivity index (χ4v) is 3.41. The molecule has 0 atom stereocenters. The number of alkyl halides is 3. The van der Waals surface area contributed by atoms with E-state index >= 15 is 0 Å². The van der Waals surface area contributed by atoms with Gasteiger partial charge in [0.05, 0.1) is 17.0 Å². The number of rotatable bonds is 4. The van der Waals surface area contributed by atoms with Crippen LogP contribution in [0.3, 0.4) is 0 Å². The predicted octanol–water partition coefficient (Wildman–Crippen LogP) is 1.18. The maximum atomic E-state index is 12.5. The highest BCUT2D eigenvalue weighted by Gasteiger charge is 2.31. The standard InChI is InChI=1S/C14H18F3N3O3S.ClH/c1-19(10-13(21)20-8-6-18-7-9-20)24(22,23)12-4-2-11(3-5-12)14(15,16)17;/h2-5,18H,6-10H2,1H3;1H. The van der Waals surface area contributed by atoms with Crippen molar-refractivity contribution in [2.24, 2.45) is 0 Å². The molecule has 1 aromatic carbocycles. The maximum Gasteiger partial charge on any atom is 0.416 e. The summed E-state index contributed by atoms with van der Waals surface area (Å²) in [6.07, 6.45) is -4.54. The van der Waals surface area contributed by atoms with E-state index in [0.717, 1.165) is 16.4 Å². The van der Waals surface area contributed by atoms with Crippen molar-refractivity contribution in [2.75, 3.05) is 39.8 Å². The van der Waals surface area contributed by atoms with Crippen molar-refractivity contribution in [1.82, 2.24) is 14.5 Å². The Kier molecular flexibility index (Phi) is 7.24. The van der Waals surface area contributed by atoms with Crippen molar-refractivity contribution >= 4 is 28.3 Å². The summed E-state index contributed by atoms with van der Waals surface area (Å²) >= 11 is 0. The second-order valence-corrected chi connectivity index (χ2v) is 7.46. The smallest absolute Gasteiger partial charge is 0.339 e. The molecule has 1 aliphatic heterocycles. The molecule has 142 valence electrons. The van der Waals surface area contributed by atoms with Gasteiger partial charge in [0.1, 0.15) is 0 Å². The van der Waals surface area contributed by atoms with Crippen LogP contribution in [0.15, 0.2) is 29.2 Å². The van der Waals surface area contributed by atoms with E-state index in [9.17, 15) is 26.4 Å². The molecule has 11 heteroatoms. The molecule has 6 nitrogen and oxygen atoms in total. The molecule has 0 unspecified atom stereocenters. The number of carbonyl (C=O) groups is 1. The van der Waals surface area contributed by atoms with Crippen LogP contribution in [0.1, 0.15) is 5.56 Å². The van der Waals surface area contributed by atoms with E-state index in [2.05, 4.69) is 5.32 Å². The molecule has 1 fully saturated rings. The van der Waals surface area contributed by atoms with Crippen LogP contribution < -0.4 is 5.32 Å². The third kappa shape index (κ3) is 5.30. The molecule has 1 amide bonds. The van der Waals surface area contributed by atoms with Gasteiger partial charge < -0.3 is 10.2 Å². The Balaban J connectivity index is 0.00000312. The van der Waals surface area contributed by atoms with Crippen LogP contribution in [0.25, 0.3) is 0 Å². The van der Waals surface area contributed by atoms with Gasteiger partial charge in [0, 0.05) is 33.2 Å². The molecule has 2 rings (SSSR count). The van der Waals surface area contributed by atoms with Crippen LogP contribution in [0.4, 0.5) is 13.2 Å². The van der Waals surface area contributed by atoms with Crippen molar-refractivity contribution in [3.63, 3.8) is 0 Å². The van der Waals surface area contributed by atoms with E-state index < -0.39 is 21.8 Å². The number of nitrogens with zero attached hydrogens (tertiary/aromatic N) is 2. The first-order valence-electron chi connectivity index (χ1n) is 7.24. The lowest BCUT2D eigenvalue weighted by atomic mass is 10.2. The van der Waals surface area contributed by atoms with Crippen LogP contribution in [-0.4, -0.2) is 63.3 Å². The van der Waals surface area contributed by atoms with Gasteiger partial charge >= 0.3 is 6.18 Å². The second kappa shape index (κ2) is 8.35. The summed E-state index contributed by atoms with van der Waals surface area (Å²) in [5, 5.41) is 3.08. The first-order chi connectivity index (χ1) is 11.1. The second-order valence-electron chi connectivity index (χ2n) is 5.41. The Labute approximate surface area is 150 Å². The number of piperazine rings is 1. The number of halogens is 4. The SMILES string of the molecule is CN(CC(=O)N1CCNCC1)S(=O)(=O)c1ccc(C(F)(F)F)cc1.Cl. The molecule has 1 saturated heterocycles. The number of amides is 1. The molecule has 25 heavy (non-hydrogen) atoms. The molecule has 0 aliphatic carbocycles. The average Bonchev–Trinajstić information content (AvgIpc) is 2.54. The van der Waals surface area contributed by atoms with E-state index in [1.165, 1.54) is 7.05 Å². The molecule has 1 aliphatic rings. The number of nitrogens with one attached hydrogen (secondary N) is 1. The van der Waals surface area contributed by atoms with Crippen LogP contribution >= 0.6 is 12.4 Å². The van der Waals surface area contributed by atoms with Crippen molar-refractivity contribution in [3.8, 4) is 0 Å². The summed E-state index contributed by atoms with van der Waals surface area (Å²) < 4.78 is 63.2. The monoisotopic (exact) mass is 401 g/mol. The van der Waals surface area contributed by atoms with Crippen molar-refractivity contribution in [1.29, 1.82) is 0 Å². The van der Waals surface area contributed by atoms with E-state index in [1.807, 2.05) is 0 Å². The Morgan fingerprint density at radius 2 is 1.72 bits per heavy atom. The molecule has 0 saturated carbocycles. The average molecular weight is 402 g/mol. The molecule has 0 aromatic heterocycles. The zero-order chi connectivity index (χ0) is 18.0. The molecule has 1 heterocycles. The lowest BCUT2D eigenvalue weighted by Crippen LogP contribution is -2.49.